The normalized spacial score (nSPS) is 10.5. The first-order valence-electron chi connectivity index (χ1n) is 6.32. The molecule has 0 saturated carbocycles. The van der Waals surface area contributed by atoms with Gasteiger partial charge in [0.1, 0.15) is 5.69 Å². The van der Waals surface area contributed by atoms with E-state index in [-0.39, 0.29) is 5.91 Å². The zero-order valence-electron chi connectivity index (χ0n) is 11.3. The molecule has 106 valence electrons. The van der Waals surface area contributed by atoms with E-state index < -0.39 is 0 Å². The van der Waals surface area contributed by atoms with Gasteiger partial charge in [0.05, 0.1) is 23.2 Å². The highest BCUT2D eigenvalue weighted by Crippen LogP contribution is 2.27. The first kappa shape index (κ1) is 13.5. The van der Waals surface area contributed by atoms with E-state index in [0.29, 0.717) is 11.3 Å². The molecule has 0 aliphatic rings. The second kappa shape index (κ2) is 5.90. The minimum atomic E-state index is -0.317. The van der Waals surface area contributed by atoms with Crippen LogP contribution in [0.1, 0.15) is 10.4 Å². The van der Waals surface area contributed by atoms with Gasteiger partial charge in [-0.05, 0) is 23.6 Å². The largest absolute Gasteiger partial charge is 0.278 e. The Kier molecular flexibility index (Phi) is 3.81. The molecule has 2 heterocycles. The standard InChI is InChI=1S/C15H13N3O2S/c1-20-17-15(19)12-10-18(11-6-3-2-4-7-11)16-14(12)13-8-5-9-21-13/h2-10H,1H3,(H,17,19). The van der Waals surface area contributed by atoms with Crippen LogP contribution in [0.5, 0.6) is 0 Å². The molecule has 0 unspecified atom stereocenters. The second-order valence-corrected chi connectivity index (χ2v) is 5.23. The van der Waals surface area contributed by atoms with Gasteiger partial charge >= 0.3 is 0 Å². The van der Waals surface area contributed by atoms with Gasteiger partial charge in [-0.1, -0.05) is 24.3 Å². The predicted octanol–water partition coefficient (Wildman–Crippen LogP) is 2.89. The van der Waals surface area contributed by atoms with Gasteiger partial charge in [-0.15, -0.1) is 11.3 Å². The van der Waals surface area contributed by atoms with Crippen molar-refractivity contribution in [3.63, 3.8) is 0 Å². The maximum atomic E-state index is 12.1. The third-order valence-electron chi connectivity index (χ3n) is 2.93. The fourth-order valence-corrected chi connectivity index (χ4v) is 2.72. The van der Waals surface area contributed by atoms with Gasteiger partial charge < -0.3 is 0 Å². The van der Waals surface area contributed by atoms with E-state index in [1.165, 1.54) is 18.4 Å². The van der Waals surface area contributed by atoms with E-state index in [2.05, 4.69) is 10.6 Å². The van der Waals surface area contributed by atoms with E-state index in [1.54, 1.807) is 10.9 Å². The SMILES string of the molecule is CONC(=O)c1cn(-c2ccccc2)nc1-c1cccs1. The molecule has 1 amide bonds. The Hall–Kier alpha value is -2.44. The van der Waals surface area contributed by atoms with Crippen molar-refractivity contribution in [3.05, 3.63) is 59.6 Å². The molecule has 3 rings (SSSR count). The summed E-state index contributed by atoms with van der Waals surface area (Å²) in [5.74, 6) is -0.317. The number of para-hydroxylation sites is 1. The second-order valence-electron chi connectivity index (χ2n) is 4.28. The van der Waals surface area contributed by atoms with Crippen LogP contribution < -0.4 is 5.48 Å². The topological polar surface area (TPSA) is 56.1 Å². The number of hydrogen-bond acceptors (Lipinski definition) is 4. The third-order valence-corrected chi connectivity index (χ3v) is 3.81. The van der Waals surface area contributed by atoms with Crippen LogP contribution in [0.25, 0.3) is 16.3 Å². The molecule has 3 aromatic rings. The third kappa shape index (κ3) is 2.72. The van der Waals surface area contributed by atoms with Crippen LogP contribution in [-0.2, 0) is 4.84 Å². The minimum absolute atomic E-state index is 0.317. The molecule has 5 nitrogen and oxygen atoms in total. The highest BCUT2D eigenvalue weighted by atomic mass is 32.1. The lowest BCUT2D eigenvalue weighted by Gasteiger charge is -2.00. The van der Waals surface area contributed by atoms with Gasteiger partial charge in [-0.25, -0.2) is 10.2 Å². The van der Waals surface area contributed by atoms with Gasteiger partial charge in [0.2, 0.25) is 0 Å². The summed E-state index contributed by atoms with van der Waals surface area (Å²) in [6.07, 6.45) is 1.71. The Labute approximate surface area is 125 Å². The molecule has 1 N–H and O–H groups in total. The van der Waals surface area contributed by atoms with Crippen LogP contribution in [0.4, 0.5) is 0 Å². The molecule has 2 aromatic heterocycles. The summed E-state index contributed by atoms with van der Waals surface area (Å²) in [6.45, 7) is 0. The molecule has 0 fully saturated rings. The number of nitrogens with zero attached hydrogens (tertiary/aromatic N) is 2. The summed E-state index contributed by atoms with van der Waals surface area (Å²) >= 11 is 1.54. The van der Waals surface area contributed by atoms with Gasteiger partial charge in [0, 0.05) is 6.20 Å². The number of nitrogens with one attached hydrogen (secondary N) is 1. The van der Waals surface area contributed by atoms with Crippen molar-refractivity contribution >= 4 is 17.2 Å². The van der Waals surface area contributed by atoms with Crippen molar-refractivity contribution < 1.29 is 9.63 Å². The summed E-state index contributed by atoms with van der Waals surface area (Å²) in [4.78, 5) is 17.8. The molecule has 0 spiro atoms. The molecule has 6 heteroatoms. The van der Waals surface area contributed by atoms with Crippen LogP contribution in [0.2, 0.25) is 0 Å². The fraction of sp³-hybridized carbons (Fsp3) is 0.0667. The summed E-state index contributed by atoms with van der Waals surface area (Å²) in [6, 6.07) is 13.5. The van der Waals surface area contributed by atoms with Crippen LogP contribution in [0.15, 0.2) is 54.0 Å². The van der Waals surface area contributed by atoms with Gasteiger partial charge in [-0.2, -0.15) is 5.10 Å². The molecule has 21 heavy (non-hydrogen) atoms. The number of carbonyl (C=O) groups is 1. The van der Waals surface area contributed by atoms with E-state index in [0.717, 1.165) is 10.6 Å². The van der Waals surface area contributed by atoms with Crippen molar-refractivity contribution in [2.45, 2.75) is 0 Å². The number of carbonyl (C=O) groups excluding carboxylic acids is 1. The van der Waals surface area contributed by atoms with Gasteiger partial charge in [-0.3, -0.25) is 9.63 Å². The first-order chi connectivity index (χ1) is 10.3. The Balaban J connectivity index is 2.09. The number of amides is 1. The van der Waals surface area contributed by atoms with Crippen molar-refractivity contribution in [1.29, 1.82) is 0 Å². The van der Waals surface area contributed by atoms with Crippen LogP contribution in [-0.4, -0.2) is 22.8 Å². The molecule has 0 saturated heterocycles. The molecule has 1 aromatic carbocycles. The average molecular weight is 299 g/mol. The highest BCUT2D eigenvalue weighted by Gasteiger charge is 2.19. The maximum absolute atomic E-state index is 12.1. The van der Waals surface area contributed by atoms with Crippen molar-refractivity contribution in [2.75, 3.05) is 7.11 Å². The minimum Gasteiger partial charge on any atom is -0.277 e. The molecule has 0 atom stereocenters. The smallest absolute Gasteiger partial charge is 0.277 e. The Bertz CT molecular complexity index is 736. The lowest BCUT2D eigenvalue weighted by molar-refractivity contribution is 0.0538. The summed E-state index contributed by atoms with van der Waals surface area (Å²) in [5.41, 5.74) is 4.35. The van der Waals surface area contributed by atoms with Crippen molar-refractivity contribution in [2.24, 2.45) is 0 Å². The number of hydroxylamine groups is 1. The zero-order chi connectivity index (χ0) is 14.7. The molecule has 0 bridgehead atoms. The Morgan fingerprint density at radius 3 is 2.71 bits per heavy atom. The quantitative estimate of drug-likeness (QED) is 0.754. The molecule has 0 aliphatic carbocycles. The fourth-order valence-electron chi connectivity index (χ4n) is 2.00. The number of thiophene rings is 1. The maximum Gasteiger partial charge on any atom is 0.278 e. The monoisotopic (exact) mass is 299 g/mol. The predicted molar refractivity (Wildman–Crippen MR) is 81.4 cm³/mol. The average Bonchev–Trinajstić information content (AvgIpc) is 3.17. The first-order valence-corrected chi connectivity index (χ1v) is 7.20. The van der Waals surface area contributed by atoms with Crippen molar-refractivity contribution in [1.82, 2.24) is 15.3 Å². The Morgan fingerprint density at radius 1 is 1.24 bits per heavy atom. The lowest BCUT2D eigenvalue weighted by Crippen LogP contribution is -2.21. The number of hydrogen-bond donors (Lipinski definition) is 1. The molecule has 0 aliphatic heterocycles. The summed E-state index contributed by atoms with van der Waals surface area (Å²) < 4.78 is 1.69. The van der Waals surface area contributed by atoms with E-state index in [1.807, 2.05) is 47.8 Å². The van der Waals surface area contributed by atoms with E-state index in [9.17, 15) is 4.79 Å². The number of benzene rings is 1. The summed E-state index contributed by atoms with van der Waals surface area (Å²) in [5, 5.41) is 6.49. The molecular weight excluding hydrogens is 286 g/mol. The molecule has 0 radical (unpaired) electrons. The van der Waals surface area contributed by atoms with Crippen LogP contribution in [0.3, 0.4) is 0 Å². The zero-order valence-corrected chi connectivity index (χ0v) is 12.1. The van der Waals surface area contributed by atoms with Gasteiger partial charge in [0.15, 0.2) is 0 Å². The van der Waals surface area contributed by atoms with Crippen LogP contribution >= 0.6 is 11.3 Å². The van der Waals surface area contributed by atoms with Gasteiger partial charge in [0.25, 0.3) is 5.91 Å². The number of rotatable bonds is 4. The number of aromatic nitrogens is 2. The van der Waals surface area contributed by atoms with Crippen LogP contribution in [0, 0.1) is 0 Å². The highest BCUT2D eigenvalue weighted by molar-refractivity contribution is 7.13. The molecular formula is C15H13N3O2S. The summed E-state index contributed by atoms with van der Waals surface area (Å²) in [7, 11) is 1.41. The Morgan fingerprint density at radius 2 is 2.05 bits per heavy atom. The van der Waals surface area contributed by atoms with Crippen molar-refractivity contribution in [3.8, 4) is 16.3 Å². The lowest BCUT2D eigenvalue weighted by atomic mass is 10.2. The van der Waals surface area contributed by atoms with E-state index >= 15 is 0 Å². The van der Waals surface area contributed by atoms with E-state index in [4.69, 9.17) is 4.84 Å².